The molecule has 2 aromatic rings. The van der Waals surface area contributed by atoms with E-state index >= 15 is 0 Å². The number of carbonyl (C=O) groups is 1. The fraction of sp³-hybridized carbons (Fsp3) is 0.588. The van der Waals surface area contributed by atoms with Gasteiger partial charge in [-0.2, -0.15) is 0 Å². The third-order valence-corrected chi connectivity index (χ3v) is 5.97. The summed E-state index contributed by atoms with van der Waals surface area (Å²) in [5.74, 6) is -0.261. The Kier molecular flexibility index (Phi) is 5.01. The third kappa shape index (κ3) is 3.23. The average Bonchev–Trinajstić information content (AvgIpc) is 2.90. The summed E-state index contributed by atoms with van der Waals surface area (Å²) in [6.07, 6.45) is 4.77. The van der Waals surface area contributed by atoms with Crippen molar-refractivity contribution >= 4 is 27.5 Å². The SMILES string of the molecule is CCc1c(C)sc2ncn(C3CCN(CCC(N)=O)CC3)c(=O)c12. The van der Waals surface area contributed by atoms with Gasteiger partial charge in [-0.05, 0) is 31.7 Å². The normalized spacial score (nSPS) is 16.8. The van der Waals surface area contributed by atoms with Crippen LogP contribution in [0.1, 0.15) is 42.7 Å². The van der Waals surface area contributed by atoms with Gasteiger partial charge in [-0.25, -0.2) is 4.98 Å². The van der Waals surface area contributed by atoms with E-state index in [4.69, 9.17) is 5.73 Å². The lowest BCUT2D eigenvalue weighted by Crippen LogP contribution is -2.39. The van der Waals surface area contributed by atoms with Gasteiger partial charge in [-0.3, -0.25) is 14.2 Å². The number of piperidine rings is 1. The molecule has 0 bridgehead atoms. The maximum atomic E-state index is 13.0. The van der Waals surface area contributed by atoms with E-state index in [2.05, 4.69) is 23.7 Å². The van der Waals surface area contributed by atoms with Crippen molar-refractivity contribution in [2.75, 3.05) is 19.6 Å². The van der Waals surface area contributed by atoms with Crippen molar-refractivity contribution in [1.29, 1.82) is 0 Å². The molecule has 1 aliphatic rings. The molecule has 1 fully saturated rings. The minimum Gasteiger partial charge on any atom is -0.370 e. The molecule has 0 atom stereocenters. The van der Waals surface area contributed by atoms with Gasteiger partial charge >= 0.3 is 0 Å². The number of likely N-dealkylation sites (tertiary alicyclic amines) is 1. The summed E-state index contributed by atoms with van der Waals surface area (Å²) in [4.78, 5) is 32.7. The minimum atomic E-state index is -0.261. The van der Waals surface area contributed by atoms with Gasteiger partial charge in [-0.1, -0.05) is 6.92 Å². The van der Waals surface area contributed by atoms with Gasteiger partial charge in [0.2, 0.25) is 5.91 Å². The number of aryl methyl sites for hydroxylation is 2. The highest BCUT2D eigenvalue weighted by molar-refractivity contribution is 7.18. The van der Waals surface area contributed by atoms with Gasteiger partial charge in [0.1, 0.15) is 4.83 Å². The molecule has 0 radical (unpaired) electrons. The lowest BCUT2D eigenvalue weighted by Gasteiger charge is -2.32. The van der Waals surface area contributed by atoms with Crippen molar-refractivity contribution in [3.05, 3.63) is 27.1 Å². The van der Waals surface area contributed by atoms with E-state index in [1.54, 1.807) is 17.7 Å². The van der Waals surface area contributed by atoms with Crippen LogP contribution in [0.2, 0.25) is 0 Å². The predicted molar refractivity (Wildman–Crippen MR) is 96.5 cm³/mol. The molecule has 6 nitrogen and oxygen atoms in total. The summed E-state index contributed by atoms with van der Waals surface area (Å²) in [6, 6.07) is 0.184. The number of fused-ring (bicyclic) bond motifs is 1. The van der Waals surface area contributed by atoms with E-state index in [0.29, 0.717) is 13.0 Å². The van der Waals surface area contributed by atoms with E-state index in [1.165, 1.54) is 4.88 Å². The van der Waals surface area contributed by atoms with Crippen molar-refractivity contribution in [3.8, 4) is 0 Å². The monoisotopic (exact) mass is 348 g/mol. The van der Waals surface area contributed by atoms with E-state index in [0.717, 1.165) is 48.1 Å². The van der Waals surface area contributed by atoms with Crippen molar-refractivity contribution < 1.29 is 4.79 Å². The fourth-order valence-electron chi connectivity index (χ4n) is 3.55. The van der Waals surface area contributed by atoms with Gasteiger partial charge in [0.25, 0.3) is 5.56 Å². The summed E-state index contributed by atoms with van der Waals surface area (Å²) in [6.45, 7) is 6.62. The van der Waals surface area contributed by atoms with Crippen LogP contribution in [-0.4, -0.2) is 40.0 Å². The fourth-order valence-corrected chi connectivity index (χ4v) is 4.62. The standard InChI is InChI=1S/C17H24N4O2S/c1-3-13-11(2)24-16-15(13)17(23)21(10-19-16)12-4-7-20(8-5-12)9-6-14(18)22/h10,12H,3-9H2,1-2H3,(H2,18,22). The van der Waals surface area contributed by atoms with Crippen molar-refractivity contribution in [2.24, 2.45) is 5.73 Å². The number of rotatable bonds is 5. The molecule has 0 unspecified atom stereocenters. The van der Waals surface area contributed by atoms with E-state index in [9.17, 15) is 9.59 Å². The Hall–Kier alpha value is -1.73. The molecule has 7 heteroatoms. The smallest absolute Gasteiger partial charge is 0.262 e. The largest absolute Gasteiger partial charge is 0.370 e. The topological polar surface area (TPSA) is 81.2 Å². The number of thiophene rings is 1. The molecule has 3 heterocycles. The molecular weight excluding hydrogens is 324 g/mol. The second-order valence-corrected chi connectivity index (χ2v) is 7.62. The molecule has 0 aliphatic carbocycles. The molecule has 0 saturated carbocycles. The minimum absolute atomic E-state index is 0.0942. The van der Waals surface area contributed by atoms with Gasteiger partial charge in [0.15, 0.2) is 0 Å². The number of hydrogen-bond donors (Lipinski definition) is 1. The number of primary amides is 1. The zero-order valence-electron chi connectivity index (χ0n) is 14.2. The van der Waals surface area contributed by atoms with E-state index in [1.807, 2.05) is 4.57 Å². The molecular formula is C17H24N4O2S. The van der Waals surface area contributed by atoms with E-state index in [-0.39, 0.29) is 17.5 Å². The maximum absolute atomic E-state index is 13.0. The second kappa shape index (κ2) is 7.03. The molecule has 3 rings (SSSR count). The zero-order valence-corrected chi connectivity index (χ0v) is 15.1. The highest BCUT2D eigenvalue weighted by Crippen LogP contribution is 2.28. The molecule has 130 valence electrons. The van der Waals surface area contributed by atoms with Crippen molar-refractivity contribution in [3.63, 3.8) is 0 Å². The van der Waals surface area contributed by atoms with Crippen molar-refractivity contribution in [1.82, 2.24) is 14.5 Å². The van der Waals surface area contributed by atoms with Crippen LogP contribution in [0, 0.1) is 6.92 Å². The molecule has 0 aromatic carbocycles. The summed E-state index contributed by atoms with van der Waals surface area (Å²) in [7, 11) is 0. The van der Waals surface area contributed by atoms with Crippen LogP contribution in [-0.2, 0) is 11.2 Å². The zero-order chi connectivity index (χ0) is 17.3. The van der Waals surface area contributed by atoms with Gasteiger partial charge in [0.05, 0.1) is 11.7 Å². The maximum Gasteiger partial charge on any atom is 0.262 e. The Labute approximate surface area is 145 Å². The Morgan fingerprint density at radius 1 is 1.42 bits per heavy atom. The van der Waals surface area contributed by atoms with Crippen LogP contribution in [0.5, 0.6) is 0 Å². The van der Waals surface area contributed by atoms with Crippen molar-refractivity contribution in [2.45, 2.75) is 45.6 Å². The Morgan fingerprint density at radius 3 is 2.75 bits per heavy atom. The lowest BCUT2D eigenvalue weighted by atomic mass is 10.0. The van der Waals surface area contributed by atoms with Crippen LogP contribution in [0.15, 0.2) is 11.1 Å². The predicted octanol–water partition coefficient (Wildman–Crippen LogP) is 1.84. The summed E-state index contributed by atoms with van der Waals surface area (Å²) >= 11 is 1.61. The first-order chi connectivity index (χ1) is 11.5. The first kappa shape index (κ1) is 17.1. The molecule has 1 aliphatic heterocycles. The highest BCUT2D eigenvalue weighted by atomic mass is 32.1. The summed E-state index contributed by atoms with van der Waals surface area (Å²) in [5.41, 5.74) is 6.45. The molecule has 24 heavy (non-hydrogen) atoms. The molecule has 2 aromatic heterocycles. The third-order valence-electron chi connectivity index (χ3n) is 4.92. The number of nitrogens with zero attached hydrogens (tertiary/aromatic N) is 3. The second-order valence-electron chi connectivity index (χ2n) is 6.42. The quantitative estimate of drug-likeness (QED) is 0.894. The number of nitrogens with two attached hydrogens (primary N) is 1. The molecule has 1 amide bonds. The molecule has 1 saturated heterocycles. The molecule has 0 spiro atoms. The van der Waals surface area contributed by atoms with Crippen LogP contribution < -0.4 is 11.3 Å². The Morgan fingerprint density at radius 2 is 2.12 bits per heavy atom. The summed E-state index contributed by atoms with van der Waals surface area (Å²) < 4.78 is 1.82. The Balaban J connectivity index is 1.80. The first-order valence-corrected chi connectivity index (χ1v) is 9.32. The lowest BCUT2D eigenvalue weighted by molar-refractivity contribution is -0.118. The average molecular weight is 348 g/mol. The van der Waals surface area contributed by atoms with E-state index < -0.39 is 0 Å². The Bertz CT molecular complexity index is 803. The molecule has 2 N–H and O–H groups in total. The number of carbonyl (C=O) groups excluding carboxylic acids is 1. The van der Waals surface area contributed by atoms with Crippen LogP contribution in [0.25, 0.3) is 10.2 Å². The van der Waals surface area contributed by atoms with Gasteiger partial charge in [-0.15, -0.1) is 11.3 Å². The van der Waals surface area contributed by atoms with Crippen LogP contribution >= 0.6 is 11.3 Å². The number of amides is 1. The summed E-state index contributed by atoms with van der Waals surface area (Å²) in [5, 5.41) is 0.804. The number of hydrogen-bond acceptors (Lipinski definition) is 5. The van der Waals surface area contributed by atoms with Crippen LogP contribution in [0.3, 0.4) is 0 Å². The van der Waals surface area contributed by atoms with Gasteiger partial charge < -0.3 is 10.6 Å². The first-order valence-electron chi connectivity index (χ1n) is 8.51. The number of aromatic nitrogens is 2. The highest BCUT2D eigenvalue weighted by Gasteiger charge is 2.23. The van der Waals surface area contributed by atoms with Crippen LogP contribution in [0.4, 0.5) is 0 Å². The van der Waals surface area contributed by atoms with Gasteiger partial charge in [0, 0.05) is 37.0 Å².